The Morgan fingerprint density at radius 3 is 2.44 bits per heavy atom. The van der Waals surface area contributed by atoms with Crippen molar-refractivity contribution in [2.75, 3.05) is 13.7 Å². The number of hydrogen-bond donors (Lipinski definition) is 0. The number of amides is 1. The van der Waals surface area contributed by atoms with Crippen LogP contribution >= 0.6 is 0 Å². The lowest BCUT2D eigenvalue weighted by atomic mass is 10.0. The SMILES string of the molecule is COC(=O)C1CC(F)CCN1C(=O)OC(C)(C)C. The summed E-state index contributed by atoms with van der Waals surface area (Å²) in [4.78, 5) is 24.7. The van der Waals surface area contributed by atoms with Crippen LogP contribution in [0.15, 0.2) is 0 Å². The van der Waals surface area contributed by atoms with Gasteiger partial charge in [0.2, 0.25) is 0 Å². The summed E-state index contributed by atoms with van der Waals surface area (Å²) >= 11 is 0. The predicted molar refractivity (Wildman–Crippen MR) is 62.9 cm³/mol. The van der Waals surface area contributed by atoms with Crippen molar-refractivity contribution in [2.45, 2.75) is 51.4 Å². The average molecular weight is 261 g/mol. The second-order valence-corrected chi connectivity index (χ2v) is 5.33. The lowest BCUT2D eigenvalue weighted by Gasteiger charge is -2.36. The fourth-order valence-corrected chi connectivity index (χ4v) is 1.82. The summed E-state index contributed by atoms with van der Waals surface area (Å²) in [7, 11) is 1.22. The molecule has 0 spiro atoms. The molecule has 18 heavy (non-hydrogen) atoms. The van der Waals surface area contributed by atoms with Crippen LogP contribution in [0.1, 0.15) is 33.6 Å². The Kier molecular flexibility index (Phi) is 4.53. The van der Waals surface area contributed by atoms with Crippen LogP contribution in [-0.4, -0.2) is 48.4 Å². The second-order valence-electron chi connectivity index (χ2n) is 5.33. The maximum atomic E-state index is 13.3. The van der Waals surface area contributed by atoms with Gasteiger partial charge in [0.1, 0.15) is 17.8 Å². The molecule has 0 aliphatic carbocycles. The van der Waals surface area contributed by atoms with E-state index >= 15 is 0 Å². The number of likely N-dealkylation sites (tertiary alicyclic amines) is 1. The molecule has 104 valence electrons. The Bertz CT molecular complexity index is 327. The van der Waals surface area contributed by atoms with E-state index in [9.17, 15) is 14.0 Å². The Morgan fingerprint density at radius 1 is 1.33 bits per heavy atom. The Hall–Kier alpha value is -1.33. The van der Waals surface area contributed by atoms with E-state index in [1.807, 2.05) is 0 Å². The van der Waals surface area contributed by atoms with Crippen molar-refractivity contribution < 1.29 is 23.5 Å². The van der Waals surface area contributed by atoms with Gasteiger partial charge in [-0.1, -0.05) is 0 Å². The molecule has 0 aromatic carbocycles. The highest BCUT2D eigenvalue weighted by molar-refractivity contribution is 5.81. The van der Waals surface area contributed by atoms with E-state index in [4.69, 9.17) is 4.74 Å². The molecule has 0 aromatic heterocycles. The van der Waals surface area contributed by atoms with Crippen molar-refractivity contribution in [1.82, 2.24) is 4.90 Å². The average Bonchev–Trinajstić information content (AvgIpc) is 2.25. The van der Waals surface area contributed by atoms with Gasteiger partial charge in [-0.05, 0) is 27.2 Å². The summed E-state index contributed by atoms with van der Waals surface area (Å²) in [6.07, 6.45) is -1.52. The first-order valence-electron chi connectivity index (χ1n) is 5.96. The van der Waals surface area contributed by atoms with Gasteiger partial charge in [0, 0.05) is 13.0 Å². The first-order chi connectivity index (χ1) is 8.24. The Balaban J connectivity index is 2.77. The lowest BCUT2D eigenvalue weighted by Crippen LogP contribution is -2.52. The molecule has 1 saturated heterocycles. The summed E-state index contributed by atoms with van der Waals surface area (Å²) in [5.74, 6) is -0.608. The van der Waals surface area contributed by atoms with Gasteiger partial charge in [-0.15, -0.1) is 0 Å². The molecular formula is C12H20FNO4. The first kappa shape index (κ1) is 14.7. The third-order valence-electron chi connectivity index (χ3n) is 2.64. The zero-order chi connectivity index (χ0) is 13.9. The molecule has 1 aliphatic heterocycles. The van der Waals surface area contributed by atoms with E-state index in [0.29, 0.717) is 0 Å². The van der Waals surface area contributed by atoms with Gasteiger partial charge in [0.25, 0.3) is 0 Å². The van der Waals surface area contributed by atoms with Crippen molar-refractivity contribution in [3.8, 4) is 0 Å². The predicted octanol–water partition coefficient (Wildman–Crippen LogP) is 1.90. The number of alkyl halides is 1. The number of ether oxygens (including phenoxy) is 2. The van der Waals surface area contributed by atoms with Crippen molar-refractivity contribution in [2.24, 2.45) is 0 Å². The molecule has 2 atom stereocenters. The third-order valence-corrected chi connectivity index (χ3v) is 2.64. The van der Waals surface area contributed by atoms with Gasteiger partial charge in [0.15, 0.2) is 0 Å². The highest BCUT2D eigenvalue weighted by atomic mass is 19.1. The molecule has 0 N–H and O–H groups in total. The molecule has 1 amide bonds. The minimum Gasteiger partial charge on any atom is -0.467 e. The molecule has 2 unspecified atom stereocenters. The summed E-state index contributed by atoms with van der Waals surface area (Å²) in [5, 5.41) is 0. The van der Waals surface area contributed by atoms with Gasteiger partial charge >= 0.3 is 12.1 Å². The molecule has 0 saturated carbocycles. The molecule has 0 aromatic rings. The largest absolute Gasteiger partial charge is 0.467 e. The molecule has 6 heteroatoms. The number of hydrogen-bond acceptors (Lipinski definition) is 4. The number of methoxy groups -OCH3 is 1. The van der Waals surface area contributed by atoms with Gasteiger partial charge in [-0.25, -0.2) is 14.0 Å². The third kappa shape index (κ3) is 3.85. The minimum absolute atomic E-state index is 0.0358. The van der Waals surface area contributed by atoms with E-state index in [0.717, 1.165) is 0 Å². The topological polar surface area (TPSA) is 55.8 Å². The minimum atomic E-state index is -1.09. The zero-order valence-corrected chi connectivity index (χ0v) is 11.2. The number of nitrogens with zero attached hydrogens (tertiary/aromatic N) is 1. The van der Waals surface area contributed by atoms with Gasteiger partial charge in [-0.3, -0.25) is 4.90 Å². The monoisotopic (exact) mass is 261 g/mol. The van der Waals surface area contributed by atoms with E-state index in [2.05, 4.69) is 4.74 Å². The van der Waals surface area contributed by atoms with Crippen molar-refractivity contribution in [3.05, 3.63) is 0 Å². The molecule has 1 fully saturated rings. The standard InChI is InChI=1S/C12H20FNO4/c1-12(2,3)18-11(16)14-6-5-8(13)7-9(14)10(15)17-4/h8-9H,5-7H2,1-4H3. The maximum Gasteiger partial charge on any atom is 0.411 e. The lowest BCUT2D eigenvalue weighted by molar-refractivity contribution is -0.149. The summed E-state index contributed by atoms with van der Waals surface area (Å²) in [5.41, 5.74) is -0.648. The van der Waals surface area contributed by atoms with Crippen molar-refractivity contribution in [1.29, 1.82) is 0 Å². The maximum absolute atomic E-state index is 13.3. The zero-order valence-electron chi connectivity index (χ0n) is 11.2. The van der Waals surface area contributed by atoms with Crippen LogP contribution in [-0.2, 0) is 14.3 Å². The van der Waals surface area contributed by atoms with Crippen molar-refractivity contribution >= 4 is 12.1 Å². The summed E-state index contributed by atoms with van der Waals surface area (Å²) in [6, 6.07) is -0.895. The Labute approximate surface area is 106 Å². The number of esters is 1. The van der Waals surface area contributed by atoms with Crippen molar-refractivity contribution in [3.63, 3.8) is 0 Å². The molecule has 0 bridgehead atoms. The molecule has 1 heterocycles. The number of carbonyl (C=O) groups excluding carboxylic acids is 2. The van der Waals surface area contributed by atoms with E-state index in [1.54, 1.807) is 20.8 Å². The molecule has 5 nitrogen and oxygen atoms in total. The second kappa shape index (κ2) is 5.54. The highest BCUT2D eigenvalue weighted by Gasteiger charge is 2.38. The Morgan fingerprint density at radius 2 is 1.94 bits per heavy atom. The van der Waals surface area contributed by atoms with Crippen LogP contribution in [0, 0.1) is 0 Å². The number of rotatable bonds is 1. The van der Waals surface area contributed by atoms with E-state index in [-0.39, 0.29) is 19.4 Å². The molecular weight excluding hydrogens is 241 g/mol. The van der Waals surface area contributed by atoms with Gasteiger partial charge in [-0.2, -0.15) is 0 Å². The van der Waals surface area contributed by atoms with E-state index in [1.165, 1.54) is 12.0 Å². The normalized spacial score (nSPS) is 24.6. The van der Waals surface area contributed by atoms with Crippen LogP contribution in [0.2, 0.25) is 0 Å². The smallest absolute Gasteiger partial charge is 0.411 e. The van der Waals surface area contributed by atoms with Crippen LogP contribution in [0.3, 0.4) is 0 Å². The van der Waals surface area contributed by atoms with E-state index < -0.39 is 29.9 Å². The van der Waals surface area contributed by atoms with Gasteiger partial charge < -0.3 is 9.47 Å². The molecule has 1 aliphatic rings. The molecule has 1 rings (SSSR count). The first-order valence-corrected chi connectivity index (χ1v) is 5.96. The van der Waals surface area contributed by atoms with Gasteiger partial charge in [0.05, 0.1) is 7.11 Å². The number of piperidine rings is 1. The summed E-state index contributed by atoms with van der Waals surface area (Å²) < 4.78 is 23.1. The van der Waals surface area contributed by atoms with Crippen LogP contribution in [0.25, 0.3) is 0 Å². The van der Waals surface area contributed by atoms with Crippen LogP contribution < -0.4 is 0 Å². The highest BCUT2D eigenvalue weighted by Crippen LogP contribution is 2.23. The number of halogens is 1. The van der Waals surface area contributed by atoms with Crippen LogP contribution in [0.5, 0.6) is 0 Å². The number of carbonyl (C=O) groups is 2. The summed E-state index contributed by atoms with van der Waals surface area (Å²) in [6.45, 7) is 5.37. The quantitative estimate of drug-likeness (QED) is 0.676. The fourth-order valence-electron chi connectivity index (χ4n) is 1.82. The van der Waals surface area contributed by atoms with Crippen LogP contribution in [0.4, 0.5) is 9.18 Å². The molecule has 0 radical (unpaired) electrons. The fraction of sp³-hybridized carbons (Fsp3) is 0.833.